The molecule has 0 saturated carbocycles. The van der Waals surface area contributed by atoms with Crippen molar-refractivity contribution in [3.05, 3.63) is 63.9 Å². The summed E-state index contributed by atoms with van der Waals surface area (Å²) in [6, 6.07) is 14.4. The Morgan fingerprint density at radius 3 is 1.93 bits per heavy atom. The largest absolute Gasteiger partial charge is 0.0584 e. The first-order chi connectivity index (χ1) is 7.16. The smallest absolute Gasteiger partial charge is 0.0323 e. The SMILES string of the molecule is [CH2]c1ccc(-c2ccc(Br)c(Br)c2)cc1. The molecule has 0 aromatic heterocycles. The maximum absolute atomic E-state index is 3.87. The molecule has 0 heterocycles. The normalized spacial score (nSPS) is 10.3. The van der Waals surface area contributed by atoms with Crippen LogP contribution in [0.4, 0.5) is 0 Å². The highest BCUT2D eigenvalue weighted by atomic mass is 79.9. The van der Waals surface area contributed by atoms with E-state index in [9.17, 15) is 0 Å². The summed E-state index contributed by atoms with van der Waals surface area (Å²) < 4.78 is 2.14. The minimum absolute atomic E-state index is 1.04. The van der Waals surface area contributed by atoms with E-state index < -0.39 is 0 Å². The van der Waals surface area contributed by atoms with Crippen LogP contribution in [0.3, 0.4) is 0 Å². The van der Waals surface area contributed by atoms with Crippen molar-refractivity contribution in [3.8, 4) is 11.1 Å². The van der Waals surface area contributed by atoms with E-state index >= 15 is 0 Å². The van der Waals surface area contributed by atoms with Crippen LogP contribution in [0, 0.1) is 6.92 Å². The van der Waals surface area contributed by atoms with Gasteiger partial charge in [-0.25, -0.2) is 0 Å². The van der Waals surface area contributed by atoms with Crippen LogP contribution >= 0.6 is 31.9 Å². The highest BCUT2D eigenvalue weighted by Gasteiger charge is 2.00. The molecule has 0 N–H and O–H groups in total. The molecule has 75 valence electrons. The van der Waals surface area contributed by atoms with Crippen molar-refractivity contribution in [1.29, 1.82) is 0 Å². The van der Waals surface area contributed by atoms with Crippen LogP contribution in [-0.4, -0.2) is 0 Å². The number of benzene rings is 2. The molecule has 2 heteroatoms. The lowest BCUT2D eigenvalue weighted by Crippen LogP contribution is -1.79. The highest BCUT2D eigenvalue weighted by Crippen LogP contribution is 2.29. The molecule has 0 aliphatic carbocycles. The third-order valence-corrected chi connectivity index (χ3v) is 4.09. The van der Waals surface area contributed by atoms with E-state index in [2.05, 4.69) is 63.0 Å². The molecular weight excluding hydrogens is 316 g/mol. The molecule has 1 radical (unpaired) electrons. The summed E-state index contributed by atoms with van der Waals surface area (Å²) in [6.45, 7) is 3.87. The number of hydrogen-bond donors (Lipinski definition) is 0. The van der Waals surface area contributed by atoms with Gasteiger partial charge in [0.2, 0.25) is 0 Å². The fourth-order valence-corrected chi connectivity index (χ4v) is 2.00. The molecule has 0 fully saturated rings. The Morgan fingerprint density at radius 2 is 1.33 bits per heavy atom. The van der Waals surface area contributed by atoms with Crippen LogP contribution in [0.25, 0.3) is 11.1 Å². The van der Waals surface area contributed by atoms with Crippen LogP contribution < -0.4 is 0 Å². The van der Waals surface area contributed by atoms with Gasteiger partial charge in [0.1, 0.15) is 0 Å². The summed E-state index contributed by atoms with van der Waals surface area (Å²) in [7, 11) is 0. The second-order valence-corrected chi connectivity index (χ2v) is 5.03. The predicted molar refractivity (Wildman–Crippen MR) is 71.7 cm³/mol. The predicted octanol–water partition coefficient (Wildman–Crippen LogP) is 5.06. The molecule has 2 aromatic carbocycles. The molecule has 0 saturated heterocycles. The maximum atomic E-state index is 3.87. The minimum atomic E-state index is 1.04. The lowest BCUT2D eigenvalue weighted by molar-refractivity contribution is 1.54. The third kappa shape index (κ3) is 2.50. The van der Waals surface area contributed by atoms with Crippen LogP contribution in [0.5, 0.6) is 0 Å². The minimum Gasteiger partial charge on any atom is -0.0584 e. The molecular formula is C13H9Br2. The lowest BCUT2D eigenvalue weighted by atomic mass is 10.0. The zero-order chi connectivity index (χ0) is 10.8. The Kier molecular flexibility index (Phi) is 3.27. The summed E-state index contributed by atoms with van der Waals surface area (Å²) in [6.07, 6.45) is 0. The van der Waals surface area contributed by atoms with Gasteiger partial charge in [-0.1, -0.05) is 30.3 Å². The summed E-state index contributed by atoms with van der Waals surface area (Å²) >= 11 is 6.96. The van der Waals surface area contributed by atoms with Gasteiger partial charge in [-0.2, -0.15) is 0 Å². The van der Waals surface area contributed by atoms with E-state index in [1.807, 2.05) is 18.2 Å². The average Bonchev–Trinajstić information content (AvgIpc) is 2.23. The van der Waals surface area contributed by atoms with Gasteiger partial charge in [-0.05, 0) is 67.6 Å². The van der Waals surface area contributed by atoms with E-state index in [-0.39, 0.29) is 0 Å². The summed E-state index contributed by atoms with van der Waals surface area (Å²) in [4.78, 5) is 0. The fraction of sp³-hybridized carbons (Fsp3) is 0. The van der Waals surface area contributed by atoms with Crippen LogP contribution in [0.15, 0.2) is 51.4 Å². The van der Waals surface area contributed by atoms with Crippen LogP contribution in [-0.2, 0) is 0 Å². The van der Waals surface area contributed by atoms with Gasteiger partial charge in [-0.15, -0.1) is 0 Å². The molecule has 2 aromatic rings. The Bertz CT molecular complexity index is 472. The second kappa shape index (κ2) is 4.50. The Balaban J connectivity index is 2.45. The van der Waals surface area contributed by atoms with Gasteiger partial charge >= 0.3 is 0 Å². The molecule has 15 heavy (non-hydrogen) atoms. The quantitative estimate of drug-likeness (QED) is 0.687. The Morgan fingerprint density at radius 1 is 0.733 bits per heavy atom. The lowest BCUT2D eigenvalue weighted by Gasteiger charge is -2.04. The van der Waals surface area contributed by atoms with Gasteiger partial charge in [0.05, 0.1) is 0 Å². The van der Waals surface area contributed by atoms with Gasteiger partial charge in [-0.3, -0.25) is 0 Å². The van der Waals surface area contributed by atoms with E-state index in [0.29, 0.717) is 0 Å². The number of hydrogen-bond acceptors (Lipinski definition) is 0. The molecule has 0 aliphatic rings. The van der Waals surface area contributed by atoms with Crippen molar-refractivity contribution in [2.45, 2.75) is 0 Å². The molecule has 0 bridgehead atoms. The third-order valence-electron chi connectivity index (χ3n) is 2.21. The van der Waals surface area contributed by atoms with E-state index in [1.54, 1.807) is 0 Å². The van der Waals surface area contributed by atoms with E-state index in [1.165, 1.54) is 11.1 Å². The van der Waals surface area contributed by atoms with Crippen molar-refractivity contribution in [1.82, 2.24) is 0 Å². The summed E-state index contributed by atoms with van der Waals surface area (Å²) in [5.41, 5.74) is 3.44. The Labute approximate surface area is 107 Å². The zero-order valence-electron chi connectivity index (χ0n) is 8.00. The first-order valence-corrected chi connectivity index (χ1v) is 6.13. The van der Waals surface area contributed by atoms with Gasteiger partial charge in [0.15, 0.2) is 0 Å². The Hall–Kier alpha value is -0.600. The first kappa shape index (κ1) is 10.9. The first-order valence-electron chi connectivity index (χ1n) is 4.54. The van der Waals surface area contributed by atoms with Gasteiger partial charge < -0.3 is 0 Å². The maximum Gasteiger partial charge on any atom is 0.0323 e. The standard InChI is InChI=1S/C13H9Br2/c1-9-2-4-10(5-3-9)11-6-7-12(14)13(15)8-11/h2-8H,1H2. The fourth-order valence-electron chi connectivity index (χ4n) is 1.37. The van der Waals surface area contributed by atoms with Crippen molar-refractivity contribution in [2.75, 3.05) is 0 Å². The average molecular weight is 325 g/mol. The molecule has 0 unspecified atom stereocenters. The number of halogens is 2. The molecule has 2 rings (SSSR count). The molecule has 0 aliphatic heterocycles. The van der Waals surface area contributed by atoms with Gasteiger partial charge in [0, 0.05) is 8.95 Å². The van der Waals surface area contributed by atoms with E-state index in [4.69, 9.17) is 0 Å². The van der Waals surface area contributed by atoms with Crippen molar-refractivity contribution in [3.63, 3.8) is 0 Å². The second-order valence-electron chi connectivity index (χ2n) is 3.33. The molecule has 0 nitrogen and oxygen atoms in total. The molecule has 0 spiro atoms. The van der Waals surface area contributed by atoms with Gasteiger partial charge in [0.25, 0.3) is 0 Å². The van der Waals surface area contributed by atoms with Crippen molar-refractivity contribution >= 4 is 31.9 Å². The highest BCUT2D eigenvalue weighted by molar-refractivity contribution is 9.13. The van der Waals surface area contributed by atoms with E-state index in [0.717, 1.165) is 14.5 Å². The topological polar surface area (TPSA) is 0 Å². The molecule has 0 amide bonds. The summed E-state index contributed by atoms with van der Waals surface area (Å²) in [5, 5.41) is 0. The zero-order valence-corrected chi connectivity index (χ0v) is 11.2. The van der Waals surface area contributed by atoms with Crippen LogP contribution in [0.2, 0.25) is 0 Å². The monoisotopic (exact) mass is 323 g/mol. The summed E-state index contributed by atoms with van der Waals surface area (Å²) in [5.74, 6) is 0. The van der Waals surface area contributed by atoms with Crippen molar-refractivity contribution in [2.24, 2.45) is 0 Å². The van der Waals surface area contributed by atoms with Crippen molar-refractivity contribution < 1.29 is 0 Å². The molecule has 0 atom stereocenters. The van der Waals surface area contributed by atoms with Crippen LogP contribution in [0.1, 0.15) is 5.56 Å². The number of rotatable bonds is 1.